The predicted octanol–water partition coefficient (Wildman–Crippen LogP) is 1.45. The summed E-state index contributed by atoms with van der Waals surface area (Å²) in [4.78, 5) is 24.3. The Bertz CT molecular complexity index is 1130. The molecule has 36 heavy (non-hydrogen) atoms. The van der Waals surface area contributed by atoms with E-state index in [0.29, 0.717) is 11.9 Å². The summed E-state index contributed by atoms with van der Waals surface area (Å²) in [5, 5.41) is 10.4. The molecular formula is C27H38N5NaO3. The summed E-state index contributed by atoms with van der Waals surface area (Å²) in [6, 6.07) is 6.41. The van der Waals surface area contributed by atoms with E-state index in [-0.39, 0.29) is 36.5 Å². The Balaban J connectivity index is 0.00000241. The van der Waals surface area contributed by atoms with Crippen LogP contribution in [0.3, 0.4) is 0 Å². The van der Waals surface area contributed by atoms with Gasteiger partial charge in [0.1, 0.15) is 5.75 Å². The van der Waals surface area contributed by atoms with E-state index in [1.165, 1.54) is 28.9 Å². The average Bonchev–Trinajstić information content (AvgIpc) is 3.23. The van der Waals surface area contributed by atoms with E-state index in [0.717, 1.165) is 70.7 Å². The second kappa shape index (κ2) is 13.4. The third kappa shape index (κ3) is 6.79. The molecule has 0 saturated carbocycles. The summed E-state index contributed by atoms with van der Waals surface area (Å²) in [5.41, 5.74) is 2.79. The van der Waals surface area contributed by atoms with Gasteiger partial charge in [-0.3, -0.25) is 0 Å². The minimum absolute atomic E-state index is 0. The maximum absolute atomic E-state index is 11.0. The molecule has 0 unspecified atom stereocenters. The second-order valence-electron chi connectivity index (χ2n) is 9.38. The molecule has 3 heterocycles. The molecule has 1 aliphatic heterocycles. The number of aromatic carboxylic acids is 1. The Labute approximate surface area is 237 Å². The number of benzene rings is 1. The van der Waals surface area contributed by atoms with Crippen LogP contribution in [-0.2, 0) is 13.0 Å². The average molecular weight is 504 g/mol. The first-order chi connectivity index (χ1) is 17.0. The SMILES string of the molecule is CCCn1cc(CCN(CC)CC2CCN(c3ncc(C(=O)O)cn3)CC2)c2ccc(OC)cc21.[H-].[Na+]. The normalized spacial score (nSPS) is 14.3. The van der Waals surface area contributed by atoms with Crippen LogP contribution in [0.15, 0.2) is 36.8 Å². The molecule has 1 fully saturated rings. The molecule has 8 nitrogen and oxygen atoms in total. The Kier molecular flexibility index (Phi) is 10.6. The molecule has 190 valence electrons. The minimum Gasteiger partial charge on any atom is -1.00 e. The summed E-state index contributed by atoms with van der Waals surface area (Å²) in [7, 11) is 1.72. The number of aryl methyl sites for hydroxylation is 1. The van der Waals surface area contributed by atoms with E-state index in [9.17, 15) is 4.79 Å². The van der Waals surface area contributed by atoms with Gasteiger partial charge in [-0.1, -0.05) is 13.8 Å². The van der Waals surface area contributed by atoms with Crippen molar-refractivity contribution in [1.82, 2.24) is 19.4 Å². The molecule has 0 bridgehead atoms. The van der Waals surface area contributed by atoms with Crippen LogP contribution < -0.4 is 39.2 Å². The molecule has 9 heteroatoms. The Hall–Kier alpha value is -2.13. The van der Waals surface area contributed by atoms with Gasteiger partial charge in [0.05, 0.1) is 18.2 Å². The van der Waals surface area contributed by atoms with Gasteiger partial charge in [0.2, 0.25) is 5.95 Å². The molecule has 1 saturated heterocycles. The van der Waals surface area contributed by atoms with Gasteiger partial charge in [-0.25, -0.2) is 14.8 Å². The maximum Gasteiger partial charge on any atom is 1.00 e. The molecule has 3 aromatic rings. The molecular weight excluding hydrogens is 465 g/mol. The van der Waals surface area contributed by atoms with Crippen molar-refractivity contribution in [3.63, 3.8) is 0 Å². The topological polar surface area (TPSA) is 83.7 Å². The van der Waals surface area contributed by atoms with Crippen molar-refractivity contribution in [3.8, 4) is 5.75 Å². The summed E-state index contributed by atoms with van der Waals surface area (Å²) in [6.07, 6.45) is 9.44. The summed E-state index contributed by atoms with van der Waals surface area (Å²) in [6.45, 7) is 10.5. The molecule has 2 aromatic heterocycles. The number of hydrogen-bond donors (Lipinski definition) is 1. The van der Waals surface area contributed by atoms with E-state index >= 15 is 0 Å². The van der Waals surface area contributed by atoms with Gasteiger partial charge in [0.15, 0.2) is 0 Å². The first-order valence-corrected chi connectivity index (χ1v) is 12.7. The fraction of sp³-hybridized carbons (Fsp3) is 0.519. The van der Waals surface area contributed by atoms with E-state index in [1.807, 2.05) is 0 Å². The zero-order valence-electron chi connectivity index (χ0n) is 23.1. The van der Waals surface area contributed by atoms with Gasteiger partial charge in [0.25, 0.3) is 0 Å². The van der Waals surface area contributed by atoms with E-state index in [1.54, 1.807) is 7.11 Å². The maximum atomic E-state index is 11.0. The zero-order valence-corrected chi connectivity index (χ0v) is 24.1. The number of piperidine rings is 1. The van der Waals surface area contributed by atoms with E-state index in [2.05, 4.69) is 62.6 Å². The van der Waals surface area contributed by atoms with Crippen LogP contribution in [0.4, 0.5) is 5.95 Å². The number of fused-ring (bicyclic) bond motifs is 1. The van der Waals surface area contributed by atoms with Crippen LogP contribution in [0.25, 0.3) is 10.9 Å². The smallest absolute Gasteiger partial charge is 1.00 e. The van der Waals surface area contributed by atoms with Crippen molar-refractivity contribution in [1.29, 1.82) is 0 Å². The van der Waals surface area contributed by atoms with Crippen LogP contribution in [-0.4, -0.2) is 70.3 Å². The Morgan fingerprint density at radius 1 is 1.22 bits per heavy atom. The quantitative estimate of drug-likeness (QED) is 0.397. The summed E-state index contributed by atoms with van der Waals surface area (Å²) in [5.74, 6) is 1.19. The number of methoxy groups -OCH3 is 1. The number of nitrogens with zero attached hydrogens (tertiary/aromatic N) is 5. The number of aromatic nitrogens is 3. The van der Waals surface area contributed by atoms with Crippen molar-refractivity contribution in [2.45, 2.75) is 46.1 Å². The molecule has 0 spiro atoms. The predicted molar refractivity (Wildman–Crippen MR) is 140 cm³/mol. The van der Waals surface area contributed by atoms with Gasteiger partial charge in [0, 0.05) is 62.8 Å². The number of carbonyl (C=O) groups is 1. The van der Waals surface area contributed by atoms with Crippen LogP contribution in [0.2, 0.25) is 0 Å². The molecule has 1 N–H and O–H groups in total. The molecule has 0 aliphatic carbocycles. The van der Waals surface area contributed by atoms with Crippen molar-refractivity contribution in [2.24, 2.45) is 5.92 Å². The number of carboxylic acid groups (broad SMARTS) is 1. The Morgan fingerprint density at radius 2 is 1.94 bits per heavy atom. The van der Waals surface area contributed by atoms with Crippen LogP contribution >= 0.6 is 0 Å². The van der Waals surface area contributed by atoms with Gasteiger partial charge in [-0.15, -0.1) is 0 Å². The van der Waals surface area contributed by atoms with Crippen molar-refractivity contribution in [3.05, 3.63) is 47.9 Å². The van der Waals surface area contributed by atoms with Crippen LogP contribution in [0, 0.1) is 5.92 Å². The van der Waals surface area contributed by atoms with E-state index < -0.39 is 5.97 Å². The van der Waals surface area contributed by atoms with Crippen molar-refractivity contribution in [2.75, 3.05) is 44.7 Å². The number of hydrogen-bond acceptors (Lipinski definition) is 6. The standard InChI is InChI=1S/C27H37N5O3.Na.H/c1-4-11-32-19-21(24-7-6-23(35-3)15-25(24)32)10-12-30(5-2)18-20-8-13-31(14-9-20)27-28-16-22(17-29-27)26(33)34;;/h6-7,15-17,19-20H,4-5,8-14,18H2,1-3H3,(H,33,34);;/q;+1;-1. The summed E-state index contributed by atoms with van der Waals surface area (Å²) >= 11 is 0. The van der Waals surface area contributed by atoms with Crippen LogP contribution in [0.5, 0.6) is 5.75 Å². The molecule has 0 radical (unpaired) electrons. The first kappa shape index (κ1) is 28.4. The molecule has 4 rings (SSSR count). The monoisotopic (exact) mass is 503 g/mol. The van der Waals surface area contributed by atoms with Gasteiger partial charge in [-0.2, -0.15) is 0 Å². The minimum atomic E-state index is -0.996. The van der Waals surface area contributed by atoms with Gasteiger partial charge < -0.3 is 25.6 Å². The number of ether oxygens (including phenoxy) is 1. The van der Waals surface area contributed by atoms with Crippen molar-refractivity contribution >= 4 is 22.8 Å². The number of likely N-dealkylation sites (N-methyl/N-ethyl adjacent to an activating group) is 1. The van der Waals surface area contributed by atoms with Gasteiger partial charge in [-0.05, 0) is 55.8 Å². The Morgan fingerprint density at radius 3 is 2.56 bits per heavy atom. The molecule has 1 aliphatic rings. The fourth-order valence-electron chi connectivity index (χ4n) is 5.03. The van der Waals surface area contributed by atoms with Gasteiger partial charge >= 0.3 is 35.5 Å². The second-order valence-corrected chi connectivity index (χ2v) is 9.38. The summed E-state index contributed by atoms with van der Waals surface area (Å²) < 4.78 is 7.82. The zero-order chi connectivity index (χ0) is 24.8. The fourth-order valence-corrected chi connectivity index (χ4v) is 5.03. The number of carboxylic acids is 1. The number of rotatable bonds is 11. The van der Waals surface area contributed by atoms with Crippen LogP contribution in [0.1, 0.15) is 50.5 Å². The molecule has 1 aromatic carbocycles. The molecule has 0 atom stereocenters. The van der Waals surface area contributed by atoms with E-state index in [4.69, 9.17) is 9.84 Å². The first-order valence-electron chi connectivity index (χ1n) is 12.7. The van der Waals surface area contributed by atoms with Crippen molar-refractivity contribution < 1.29 is 45.6 Å². The molecule has 0 amide bonds. The largest absolute Gasteiger partial charge is 1.00 e. The number of anilines is 1. The third-order valence-corrected chi connectivity index (χ3v) is 7.08. The third-order valence-electron chi connectivity index (χ3n) is 7.08.